The van der Waals surface area contributed by atoms with Crippen LogP contribution in [0.4, 0.5) is 0 Å². The highest BCUT2D eigenvalue weighted by Gasteiger charge is 2.27. The first-order valence-electron chi connectivity index (χ1n) is 9.71. The number of hydrogen-bond donors (Lipinski definition) is 0. The van der Waals surface area contributed by atoms with Crippen molar-refractivity contribution in [2.45, 2.75) is 0 Å². The first-order valence-corrected chi connectivity index (χ1v) is 9.71. The van der Waals surface area contributed by atoms with Crippen molar-refractivity contribution in [1.82, 2.24) is 0 Å². The van der Waals surface area contributed by atoms with Crippen molar-refractivity contribution in [1.29, 1.82) is 0 Å². The molecule has 0 saturated heterocycles. The molecule has 28 heavy (non-hydrogen) atoms. The van der Waals surface area contributed by atoms with Crippen molar-refractivity contribution in [3.63, 3.8) is 0 Å². The normalized spacial score (nSPS) is 13.0. The average Bonchev–Trinajstić information content (AvgIpc) is 2.76. The van der Waals surface area contributed by atoms with Crippen molar-refractivity contribution in [2.75, 3.05) is 0 Å². The van der Waals surface area contributed by atoms with Crippen molar-refractivity contribution >= 4 is 75.8 Å². The van der Waals surface area contributed by atoms with E-state index in [4.69, 9.17) is 4.42 Å². The van der Waals surface area contributed by atoms with Gasteiger partial charge in [-0.2, -0.15) is 0 Å². The Hall–Kier alpha value is -3.71. The Balaban J connectivity index is 1.96. The van der Waals surface area contributed by atoms with Gasteiger partial charge in [-0.3, -0.25) is 0 Å². The molecular weight excluding hydrogens is 340 g/mol. The van der Waals surface area contributed by atoms with Gasteiger partial charge in [0.05, 0.1) is 10.8 Å². The van der Waals surface area contributed by atoms with Crippen LogP contribution in [0.1, 0.15) is 0 Å². The van der Waals surface area contributed by atoms with Gasteiger partial charge < -0.3 is 0 Å². The van der Waals surface area contributed by atoms with E-state index in [0.29, 0.717) is 0 Å². The molecule has 0 spiro atoms. The van der Waals surface area contributed by atoms with Gasteiger partial charge in [0.25, 0.3) is 0 Å². The molecule has 8 rings (SSSR count). The van der Waals surface area contributed by atoms with Crippen molar-refractivity contribution in [3.05, 3.63) is 78.9 Å². The van der Waals surface area contributed by atoms with Gasteiger partial charge >= 0.3 is 11.2 Å². The molecular formula is C27H13O+. The Kier molecular flexibility index (Phi) is 2.03. The highest BCUT2D eigenvalue weighted by molar-refractivity contribution is 6.46. The van der Waals surface area contributed by atoms with Crippen molar-refractivity contribution < 1.29 is 4.42 Å². The zero-order valence-electron chi connectivity index (χ0n) is 14.9. The fraction of sp³-hybridized carbons (Fsp3) is 0. The van der Waals surface area contributed by atoms with Gasteiger partial charge in [-0.05, 0) is 49.8 Å². The maximum atomic E-state index is 6.47. The summed E-state index contributed by atoms with van der Waals surface area (Å²) in [7, 11) is 0. The first-order chi connectivity index (χ1) is 13.9. The molecule has 1 nitrogen and oxygen atoms in total. The van der Waals surface area contributed by atoms with Crippen molar-refractivity contribution in [2.24, 2.45) is 0 Å². The lowest BCUT2D eigenvalue weighted by Gasteiger charge is -2.17. The minimum atomic E-state index is 0.974. The van der Waals surface area contributed by atoms with Crippen LogP contribution >= 0.6 is 0 Å². The Bertz CT molecular complexity index is 1730. The molecule has 0 saturated carbocycles. The molecule has 8 aromatic rings. The molecule has 1 aromatic heterocycles. The second kappa shape index (κ2) is 4.23. The highest BCUT2D eigenvalue weighted by Crippen LogP contribution is 2.50. The van der Waals surface area contributed by atoms with Crippen LogP contribution in [-0.2, 0) is 0 Å². The van der Waals surface area contributed by atoms with Crippen LogP contribution in [0, 0.1) is 0 Å². The Morgan fingerprint density at radius 3 is 1.36 bits per heavy atom. The lowest BCUT2D eigenvalue weighted by Crippen LogP contribution is -1.93. The fourth-order valence-electron chi connectivity index (χ4n) is 5.60. The van der Waals surface area contributed by atoms with Crippen LogP contribution in [0.2, 0.25) is 0 Å². The molecule has 1 heterocycles. The summed E-state index contributed by atoms with van der Waals surface area (Å²) in [6, 6.07) is 28.7. The van der Waals surface area contributed by atoms with Gasteiger partial charge in [0.1, 0.15) is 0 Å². The van der Waals surface area contributed by atoms with Gasteiger partial charge in [0.2, 0.25) is 0 Å². The summed E-state index contributed by atoms with van der Waals surface area (Å²) >= 11 is 0. The van der Waals surface area contributed by atoms with Crippen LogP contribution in [0.5, 0.6) is 0 Å². The summed E-state index contributed by atoms with van der Waals surface area (Å²) in [6.45, 7) is 0. The van der Waals surface area contributed by atoms with E-state index in [9.17, 15) is 0 Å². The third kappa shape index (κ3) is 1.30. The second-order valence-corrected chi connectivity index (χ2v) is 7.89. The molecule has 0 aliphatic rings. The summed E-state index contributed by atoms with van der Waals surface area (Å²) in [5.74, 6) is 0. The molecule has 0 unspecified atom stereocenters. The van der Waals surface area contributed by atoms with E-state index in [-0.39, 0.29) is 0 Å². The summed E-state index contributed by atoms with van der Waals surface area (Å²) < 4.78 is 6.47. The summed E-state index contributed by atoms with van der Waals surface area (Å²) in [6.07, 6.45) is 0. The molecule has 126 valence electrons. The monoisotopic (exact) mass is 353 g/mol. The topological polar surface area (TPSA) is 11.3 Å². The molecule has 0 amide bonds. The first kappa shape index (κ1) is 13.5. The summed E-state index contributed by atoms with van der Waals surface area (Å²) in [4.78, 5) is 0. The van der Waals surface area contributed by atoms with Crippen LogP contribution in [-0.4, -0.2) is 0 Å². The number of rotatable bonds is 0. The molecule has 0 aliphatic carbocycles. The molecule has 0 aliphatic heterocycles. The van der Waals surface area contributed by atoms with E-state index >= 15 is 0 Å². The fourth-order valence-corrected chi connectivity index (χ4v) is 5.60. The lowest BCUT2D eigenvalue weighted by atomic mass is 9.84. The molecule has 0 fully saturated rings. The molecule has 0 radical (unpaired) electrons. The van der Waals surface area contributed by atoms with E-state index in [0.717, 1.165) is 11.2 Å². The average molecular weight is 353 g/mol. The van der Waals surface area contributed by atoms with Gasteiger partial charge in [-0.1, -0.05) is 54.6 Å². The van der Waals surface area contributed by atoms with E-state index in [1.54, 1.807) is 0 Å². The second-order valence-electron chi connectivity index (χ2n) is 7.89. The zero-order chi connectivity index (χ0) is 18.0. The Labute approximate surface area is 159 Å². The van der Waals surface area contributed by atoms with E-state index in [1.165, 1.54) is 64.6 Å². The van der Waals surface area contributed by atoms with Gasteiger partial charge in [0.15, 0.2) is 0 Å². The maximum Gasteiger partial charge on any atom is 0.362 e. The molecule has 0 bridgehead atoms. The SMILES string of the molecule is c1cc2ccc3[o+]c4ccc5cccc6c7cccc8c(c1)c2c3c(c87)c4c56. The summed E-state index contributed by atoms with van der Waals surface area (Å²) in [5, 5.41) is 15.7. The number of benzene rings is 7. The zero-order valence-corrected chi connectivity index (χ0v) is 14.9. The third-order valence-corrected chi connectivity index (χ3v) is 6.63. The van der Waals surface area contributed by atoms with Crippen LogP contribution in [0.15, 0.2) is 83.3 Å². The van der Waals surface area contributed by atoms with Gasteiger partial charge in [-0.15, -0.1) is 0 Å². The minimum absolute atomic E-state index is 0.974. The predicted molar refractivity (Wildman–Crippen MR) is 119 cm³/mol. The standard InChI is InChI=1S/C27H13O/c1-4-14-10-12-20-25-22(14)16(6-1)18-8-3-9-19-17-7-2-5-15-11-13-21(28-20)26(23(15)17)27(25)24(18)19/h1-13H/q+1. The largest absolute Gasteiger partial charge is 0.362 e. The smallest absolute Gasteiger partial charge is 0.207 e. The molecule has 0 N–H and O–H groups in total. The predicted octanol–water partition coefficient (Wildman–Crippen LogP) is 7.95. The number of hydrogen-bond acceptors (Lipinski definition) is 0. The Morgan fingerprint density at radius 2 is 0.821 bits per heavy atom. The summed E-state index contributed by atoms with van der Waals surface area (Å²) in [5.41, 5.74) is 1.95. The minimum Gasteiger partial charge on any atom is -0.207 e. The van der Waals surface area contributed by atoms with Gasteiger partial charge in [0, 0.05) is 28.3 Å². The maximum absolute atomic E-state index is 6.47. The van der Waals surface area contributed by atoms with E-state index in [1.807, 2.05) is 0 Å². The quantitative estimate of drug-likeness (QED) is 0.153. The highest BCUT2D eigenvalue weighted by atomic mass is 16.3. The van der Waals surface area contributed by atoms with E-state index < -0.39 is 0 Å². The van der Waals surface area contributed by atoms with Crippen molar-refractivity contribution in [3.8, 4) is 0 Å². The van der Waals surface area contributed by atoms with E-state index in [2.05, 4.69) is 78.9 Å². The number of fused-ring (bicyclic) bond motifs is 2. The third-order valence-electron chi connectivity index (χ3n) is 6.63. The van der Waals surface area contributed by atoms with Gasteiger partial charge in [-0.25, -0.2) is 4.42 Å². The van der Waals surface area contributed by atoms with Crippen LogP contribution in [0.25, 0.3) is 75.8 Å². The Morgan fingerprint density at radius 1 is 0.357 bits per heavy atom. The molecule has 0 atom stereocenters. The molecule has 1 heteroatoms. The molecule has 7 aromatic carbocycles. The van der Waals surface area contributed by atoms with Crippen LogP contribution in [0.3, 0.4) is 0 Å². The lowest BCUT2D eigenvalue weighted by molar-refractivity contribution is 0.662. The van der Waals surface area contributed by atoms with Crippen LogP contribution < -0.4 is 0 Å².